The lowest BCUT2D eigenvalue weighted by Crippen LogP contribution is -2.59. The minimum atomic E-state index is -1.29. The Balaban J connectivity index is 1.90. The van der Waals surface area contributed by atoms with E-state index >= 15 is 0 Å². The van der Waals surface area contributed by atoms with Crippen LogP contribution >= 0.6 is 0 Å². The van der Waals surface area contributed by atoms with Gasteiger partial charge in [0.2, 0.25) is 0 Å². The number of carbonyl (C=O) groups is 1. The summed E-state index contributed by atoms with van der Waals surface area (Å²) in [4.78, 5) is 11.5. The van der Waals surface area contributed by atoms with Crippen molar-refractivity contribution < 1.29 is 33.6 Å². The van der Waals surface area contributed by atoms with Gasteiger partial charge in [-0.15, -0.1) is 0 Å². The van der Waals surface area contributed by atoms with Crippen LogP contribution in [0.1, 0.15) is 34.6 Å². The van der Waals surface area contributed by atoms with Crippen molar-refractivity contribution in [2.75, 3.05) is 0 Å². The Hall–Kier alpha value is -0.570. The quantitative estimate of drug-likeness (QED) is 0.787. The first-order valence-electron chi connectivity index (χ1n) is 7.15. The first-order valence-corrected chi connectivity index (χ1v) is 7.15. The Kier molecular flexibility index (Phi) is 3.44. The van der Waals surface area contributed by atoms with Crippen LogP contribution in [-0.2, 0) is 28.5 Å². The molecule has 3 saturated heterocycles. The van der Waals surface area contributed by atoms with E-state index in [9.17, 15) is 9.90 Å². The minimum absolute atomic E-state index is 0.385. The molecular formula is C14H22O7. The number of hydrogen-bond acceptors (Lipinski definition) is 7. The van der Waals surface area contributed by atoms with Crippen molar-refractivity contribution in [2.24, 2.45) is 0 Å². The van der Waals surface area contributed by atoms with Gasteiger partial charge in [-0.3, -0.25) is 4.79 Å². The zero-order valence-corrected chi connectivity index (χ0v) is 12.9. The molecule has 7 heteroatoms. The van der Waals surface area contributed by atoms with E-state index in [-0.39, 0.29) is 5.78 Å². The lowest BCUT2D eigenvalue weighted by Gasteiger charge is -2.38. The van der Waals surface area contributed by atoms with Gasteiger partial charge >= 0.3 is 0 Å². The number of fused-ring (bicyclic) bond motifs is 3. The zero-order valence-electron chi connectivity index (χ0n) is 12.9. The highest BCUT2D eigenvalue weighted by Gasteiger charge is 2.62. The van der Waals surface area contributed by atoms with Gasteiger partial charge in [0.15, 0.2) is 23.6 Å². The molecule has 1 N–H and O–H groups in total. The summed E-state index contributed by atoms with van der Waals surface area (Å²) in [6.07, 6.45) is -4.33. The van der Waals surface area contributed by atoms with Crippen LogP contribution in [-0.4, -0.2) is 59.3 Å². The highest BCUT2D eigenvalue weighted by molar-refractivity contribution is 5.80. The molecule has 3 rings (SSSR count). The second-order valence-corrected chi connectivity index (χ2v) is 6.69. The fraction of sp³-hybridized carbons (Fsp3) is 0.929. The maximum absolute atomic E-state index is 11.5. The smallest absolute Gasteiger partial charge is 0.190 e. The van der Waals surface area contributed by atoms with Crippen LogP contribution < -0.4 is 0 Å². The monoisotopic (exact) mass is 302 g/mol. The molecule has 0 bridgehead atoms. The number of aliphatic hydroxyl groups excluding tert-OH is 1. The minimum Gasteiger partial charge on any atom is -0.382 e. The van der Waals surface area contributed by atoms with Crippen LogP contribution in [0.2, 0.25) is 0 Å². The Labute approximate surface area is 123 Å². The van der Waals surface area contributed by atoms with Gasteiger partial charge in [-0.1, -0.05) is 0 Å². The molecule has 0 amide bonds. The molecule has 0 aromatic rings. The lowest BCUT2D eigenvalue weighted by atomic mass is 9.94. The van der Waals surface area contributed by atoms with Crippen LogP contribution in [0.3, 0.4) is 0 Å². The summed E-state index contributed by atoms with van der Waals surface area (Å²) in [6.45, 7) is 8.42. The van der Waals surface area contributed by atoms with Gasteiger partial charge < -0.3 is 28.8 Å². The Morgan fingerprint density at radius 1 is 0.952 bits per heavy atom. The van der Waals surface area contributed by atoms with Crippen molar-refractivity contribution in [3.05, 3.63) is 0 Å². The second-order valence-electron chi connectivity index (χ2n) is 6.69. The molecule has 0 saturated carbocycles. The molecule has 7 nitrogen and oxygen atoms in total. The van der Waals surface area contributed by atoms with Crippen LogP contribution in [0.15, 0.2) is 0 Å². The Bertz CT molecular complexity index is 447. The summed E-state index contributed by atoms with van der Waals surface area (Å²) in [5, 5.41) is 10.1. The van der Waals surface area contributed by atoms with E-state index in [1.54, 1.807) is 27.7 Å². The highest BCUT2D eigenvalue weighted by Crippen LogP contribution is 2.44. The van der Waals surface area contributed by atoms with Gasteiger partial charge in [-0.2, -0.15) is 0 Å². The van der Waals surface area contributed by atoms with Crippen LogP contribution in [0, 0.1) is 0 Å². The van der Waals surface area contributed by atoms with Gasteiger partial charge in [-0.05, 0) is 34.6 Å². The SMILES string of the molecule is CC(=O)C(O)[C@H]1O[C@@H]2OC(C)(C)O[C@@H]2[C@H]2OC(C)(C)O[C@H]21. The number of carbonyl (C=O) groups excluding carboxylic acids is 1. The fourth-order valence-electron chi connectivity index (χ4n) is 3.13. The molecule has 120 valence electrons. The fourth-order valence-corrected chi connectivity index (χ4v) is 3.13. The van der Waals surface area contributed by atoms with Gasteiger partial charge in [0.25, 0.3) is 0 Å². The van der Waals surface area contributed by atoms with Crippen molar-refractivity contribution in [1.82, 2.24) is 0 Å². The van der Waals surface area contributed by atoms with Crippen LogP contribution in [0.5, 0.6) is 0 Å². The number of Topliss-reactive ketones (excluding diaryl/α,β-unsaturated/α-hetero) is 1. The number of ether oxygens (including phenoxy) is 5. The predicted octanol–water partition coefficient (Wildman–Crippen LogP) is 0.333. The second kappa shape index (κ2) is 4.71. The third-order valence-corrected chi connectivity index (χ3v) is 3.92. The topological polar surface area (TPSA) is 83.5 Å². The molecule has 21 heavy (non-hydrogen) atoms. The average molecular weight is 302 g/mol. The summed E-state index contributed by atoms with van der Waals surface area (Å²) >= 11 is 0. The largest absolute Gasteiger partial charge is 0.382 e. The Morgan fingerprint density at radius 2 is 1.48 bits per heavy atom. The predicted molar refractivity (Wildman–Crippen MR) is 69.2 cm³/mol. The summed E-state index contributed by atoms with van der Waals surface area (Å²) in [5.74, 6) is -2.03. The van der Waals surface area contributed by atoms with Crippen molar-refractivity contribution in [3.8, 4) is 0 Å². The van der Waals surface area contributed by atoms with Crippen molar-refractivity contribution in [2.45, 2.75) is 83.0 Å². The molecule has 6 atom stereocenters. The molecular weight excluding hydrogens is 280 g/mol. The van der Waals surface area contributed by atoms with Gasteiger partial charge in [-0.25, -0.2) is 0 Å². The van der Waals surface area contributed by atoms with E-state index in [0.29, 0.717) is 0 Å². The van der Waals surface area contributed by atoms with Crippen molar-refractivity contribution >= 4 is 5.78 Å². The lowest BCUT2D eigenvalue weighted by molar-refractivity contribution is -0.250. The highest BCUT2D eigenvalue weighted by atomic mass is 16.9. The first kappa shape index (κ1) is 15.3. The number of aliphatic hydroxyl groups is 1. The van der Waals surface area contributed by atoms with Crippen LogP contribution in [0.4, 0.5) is 0 Å². The molecule has 0 spiro atoms. The van der Waals surface area contributed by atoms with E-state index in [4.69, 9.17) is 23.7 Å². The van der Waals surface area contributed by atoms with E-state index in [0.717, 1.165) is 0 Å². The molecule has 0 aliphatic carbocycles. The standard InChI is InChI=1S/C14H22O7/c1-6(15)7(16)8-9-10(19-13(2,3)18-9)11-12(17-8)21-14(4,5)20-11/h7-12,16H,1-5H3/t7?,8-,9+,10+,11-,12-/m1/s1. The van der Waals surface area contributed by atoms with E-state index in [1.165, 1.54) is 6.92 Å². The zero-order chi connectivity index (χ0) is 15.6. The molecule has 3 heterocycles. The number of hydrogen-bond donors (Lipinski definition) is 1. The van der Waals surface area contributed by atoms with Gasteiger partial charge in [0, 0.05) is 0 Å². The Morgan fingerprint density at radius 3 is 2.10 bits per heavy atom. The number of rotatable bonds is 2. The summed E-state index contributed by atoms with van der Waals surface area (Å²) in [7, 11) is 0. The van der Waals surface area contributed by atoms with Gasteiger partial charge in [0.05, 0.1) is 0 Å². The third kappa shape index (κ3) is 2.62. The summed E-state index contributed by atoms with van der Waals surface area (Å²) in [5.41, 5.74) is 0. The molecule has 3 aliphatic rings. The van der Waals surface area contributed by atoms with Gasteiger partial charge in [0.1, 0.15) is 30.5 Å². The number of ketones is 1. The summed E-state index contributed by atoms with van der Waals surface area (Å²) in [6, 6.07) is 0. The first-order chi connectivity index (χ1) is 9.60. The maximum Gasteiger partial charge on any atom is 0.190 e. The molecule has 1 unspecified atom stereocenters. The van der Waals surface area contributed by atoms with E-state index in [2.05, 4.69) is 0 Å². The maximum atomic E-state index is 11.5. The normalized spacial score (nSPS) is 45.0. The summed E-state index contributed by atoms with van der Waals surface area (Å²) < 4.78 is 29.0. The van der Waals surface area contributed by atoms with E-state index in [1.807, 2.05) is 0 Å². The molecule has 3 fully saturated rings. The van der Waals surface area contributed by atoms with E-state index < -0.39 is 48.4 Å². The van der Waals surface area contributed by atoms with Crippen molar-refractivity contribution in [3.63, 3.8) is 0 Å². The average Bonchev–Trinajstić information content (AvgIpc) is 2.81. The molecule has 0 aromatic heterocycles. The van der Waals surface area contributed by atoms with Crippen LogP contribution in [0.25, 0.3) is 0 Å². The molecule has 0 aromatic carbocycles. The molecule has 3 aliphatic heterocycles. The van der Waals surface area contributed by atoms with Crippen molar-refractivity contribution in [1.29, 1.82) is 0 Å². The third-order valence-electron chi connectivity index (χ3n) is 3.92. The molecule has 0 radical (unpaired) electrons.